The number of H-pyrrole nitrogens is 1. The SMILES string of the molecule is Fc1cccc(F)c1-n1c(C2CC2)n[nH]c1=S. The molecule has 0 atom stereocenters. The van der Waals surface area contributed by atoms with Gasteiger partial charge in [0.25, 0.3) is 0 Å². The smallest absolute Gasteiger partial charge is 0.200 e. The van der Waals surface area contributed by atoms with Crippen LogP contribution in [0, 0.1) is 16.4 Å². The molecular weight excluding hydrogens is 244 g/mol. The predicted octanol–water partition coefficient (Wildman–Crippen LogP) is 3.09. The Morgan fingerprint density at radius 2 is 1.94 bits per heavy atom. The summed E-state index contributed by atoms with van der Waals surface area (Å²) >= 11 is 5.03. The number of nitrogens with zero attached hydrogens (tertiary/aromatic N) is 2. The molecule has 6 heteroatoms. The highest BCUT2D eigenvalue weighted by Crippen LogP contribution is 2.40. The average Bonchev–Trinajstić information content (AvgIpc) is 3.05. The van der Waals surface area contributed by atoms with Crippen LogP contribution in [0.1, 0.15) is 24.6 Å². The van der Waals surface area contributed by atoms with E-state index in [4.69, 9.17) is 12.2 Å². The second-order valence-corrected chi connectivity index (χ2v) is 4.45. The minimum absolute atomic E-state index is 0.145. The fourth-order valence-corrected chi connectivity index (χ4v) is 2.07. The number of hydrogen-bond donors (Lipinski definition) is 1. The normalized spacial score (nSPS) is 15.2. The highest BCUT2D eigenvalue weighted by Gasteiger charge is 2.30. The highest BCUT2D eigenvalue weighted by molar-refractivity contribution is 7.71. The maximum Gasteiger partial charge on any atom is 0.200 e. The van der Waals surface area contributed by atoms with Crippen molar-refractivity contribution in [2.75, 3.05) is 0 Å². The number of aromatic amines is 1. The van der Waals surface area contributed by atoms with Crippen molar-refractivity contribution in [2.45, 2.75) is 18.8 Å². The summed E-state index contributed by atoms with van der Waals surface area (Å²) in [5.74, 6) is -0.408. The Kier molecular flexibility index (Phi) is 2.32. The van der Waals surface area contributed by atoms with Crippen molar-refractivity contribution in [1.29, 1.82) is 0 Å². The lowest BCUT2D eigenvalue weighted by Gasteiger charge is -2.08. The van der Waals surface area contributed by atoms with Gasteiger partial charge in [-0.1, -0.05) is 6.07 Å². The fourth-order valence-electron chi connectivity index (χ4n) is 1.84. The Balaban J connectivity index is 2.27. The maximum atomic E-state index is 13.7. The molecule has 0 unspecified atom stereocenters. The van der Waals surface area contributed by atoms with Crippen LogP contribution >= 0.6 is 12.2 Å². The van der Waals surface area contributed by atoms with Crippen LogP contribution in [0.2, 0.25) is 0 Å². The van der Waals surface area contributed by atoms with Gasteiger partial charge in [0, 0.05) is 5.92 Å². The third-order valence-electron chi connectivity index (χ3n) is 2.80. The van der Waals surface area contributed by atoms with E-state index in [0.717, 1.165) is 12.8 Å². The van der Waals surface area contributed by atoms with Gasteiger partial charge in [0.2, 0.25) is 0 Å². The third kappa shape index (κ3) is 1.68. The summed E-state index contributed by atoms with van der Waals surface area (Å²) in [6.07, 6.45) is 1.96. The molecule has 1 saturated carbocycles. The predicted molar refractivity (Wildman–Crippen MR) is 60.6 cm³/mol. The van der Waals surface area contributed by atoms with Gasteiger partial charge < -0.3 is 0 Å². The highest BCUT2D eigenvalue weighted by atomic mass is 32.1. The molecule has 3 nitrogen and oxygen atoms in total. The second kappa shape index (κ2) is 3.73. The Labute approximate surface area is 101 Å². The zero-order valence-corrected chi connectivity index (χ0v) is 9.60. The molecule has 1 aromatic heterocycles. The number of hydrogen-bond acceptors (Lipinski definition) is 2. The van der Waals surface area contributed by atoms with E-state index in [1.165, 1.54) is 22.8 Å². The molecule has 1 aliphatic rings. The van der Waals surface area contributed by atoms with Gasteiger partial charge in [0.1, 0.15) is 23.1 Å². The van der Waals surface area contributed by atoms with E-state index in [-0.39, 0.29) is 16.4 Å². The molecule has 17 heavy (non-hydrogen) atoms. The van der Waals surface area contributed by atoms with E-state index in [9.17, 15) is 8.78 Å². The van der Waals surface area contributed by atoms with Crippen LogP contribution in [-0.4, -0.2) is 14.8 Å². The number of nitrogens with one attached hydrogen (secondary N) is 1. The van der Waals surface area contributed by atoms with Crippen molar-refractivity contribution >= 4 is 12.2 Å². The van der Waals surface area contributed by atoms with Gasteiger partial charge in [-0.2, -0.15) is 5.10 Å². The summed E-state index contributed by atoms with van der Waals surface area (Å²) in [7, 11) is 0. The monoisotopic (exact) mass is 253 g/mol. The first-order valence-electron chi connectivity index (χ1n) is 5.30. The van der Waals surface area contributed by atoms with Gasteiger partial charge in [-0.15, -0.1) is 0 Å². The van der Waals surface area contributed by atoms with Crippen LogP contribution in [0.4, 0.5) is 8.78 Å². The van der Waals surface area contributed by atoms with Gasteiger partial charge in [0.05, 0.1) is 0 Å². The van der Waals surface area contributed by atoms with E-state index in [1.807, 2.05) is 0 Å². The molecule has 0 radical (unpaired) electrons. The Morgan fingerprint density at radius 3 is 2.53 bits per heavy atom. The van der Waals surface area contributed by atoms with E-state index >= 15 is 0 Å². The van der Waals surface area contributed by atoms with Crippen LogP contribution in [0.5, 0.6) is 0 Å². The summed E-state index contributed by atoms with van der Waals surface area (Å²) < 4.78 is 29.0. The number of rotatable bonds is 2. The third-order valence-corrected chi connectivity index (χ3v) is 3.08. The Hall–Kier alpha value is -1.56. The van der Waals surface area contributed by atoms with Crippen molar-refractivity contribution in [3.63, 3.8) is 0 Å². The van der Waals surface area contributed by atoms with Gasteiger partial charge in [-0.3, -0.25) is 9.67 Å². The number of aromatic nitrogens is 3. The molecule has 1 fully saturated rings. The number of halogens is 2. The lowest BCUT2D eigenvalue weighted by Crippen LogP contribution is -2.05. The molecular formula is C11H9F2N3S. The maximum absolute atomic E-state index is 13.7. The first-order valence-corrected chi connectivity index (χ1v) is 5.71. The van der Waals surface area contributed by atoms with Crippen molar-refractivity contribution < 1.29 is 8.78 Å². The summed E-state index contributed by atoms with van der Waals surface area (Å²) in [4.78, 5) is 0. The van der Waals surface area contributed by atoms with E-state index in [0.29, 0.717) is 5.82 Å². The first-order chi connectivity index (χ1) is 8.18. The molecule has 1 aromatic carbocycles. The molecule has 88 valence electrons. The van der Waals surface area contributed by atoms with Crippen LogP contribution in [-0.2, 0) is 0 Å². The lowest BCUT2D eigenvalue weighted by molar-refractivity contribution is 0.564. The van der Waals surface area contributed by atoms with Crippen molar-refractivity contribution in [3.8, 4) is 5.69 Å². The molecule has 2 aromatic rings. The van der Waals surface area contributed by atoms with E-state index in [1.54, 1.807) is 0 Å². The minimum atomic E-state index is -0.635. The van der Waals surface area contributed by atoms with Crippen LogP contribution < -0.4 is 0 Å². The van der Waals surface area contributed by atoms with Crippen LogP contribution in [0.3, 0.4) is 0 Å². The van der Waals surface area contributed by atoms with Crippen molar-refractivity contribution in [1.82, 2.24) is 14.8 Å². The molecule has 0 saturated heterocycles. The zero-order valence-electron chi connectivity index (χ0n) is 8.78. The molecule has 0 spiro atoms. The standard InChI is InChI=1S/C11H9F2N3S/c12-7-2-1-3-8(13)9(7)16-10(6-4-5-6)14-15-11(16)17/h1-3,6H,4-5H2,(H,15,17). The molecule has 1 N–H and O–H groups in total. The Morgan fingerprint density at radius 1 is 1.29 bits per heavy atom. The second-order valence-electron chi connectivity index (χ2n) is 4.07. The largest absolute Gasteiger partial charge is 0.266 e. The number of para-hydroxylation sites is 1. The van der Waals surface area contributed by atoms with E-state index < -0.39 is 11.6 Å². The molecule has 0 bridgehead atoms. The summed E-state index contributed by atoms with van der Waals surface area (Å²) in [6, 6.07) is 3.75. The summed E-state index contributed by atoms with van der Waals surface area (Å²) in [5, 5.41) is 6.64. The molecule has 1 aliphatic carbocycles. The van der Waals surface area contributed by atoms with Gasteiger partial charge in [-0.25, -0.2) is 8.78 Å². The minimum Gasteiger partial charge on any atom is -0.266 e. The lowest BCUT2D eigenvalue weighted by atomic mass is 10.2. The molecule has 0 aliphatic heterocycles. The summed E-state index contributed by atoms with van der Waals surface area (Å²) in [5.41, 5.74) is -0.145. The number of benzene rings is 1. The first kappa shape index (κ1) is 10.6. The van der Waals surface area contributed by atoms with Gasteiger partial charge in [0.15, 0.2) is 4.77 Å². The average molecular weight is 253 g/mol. The van der Waals surface area contributed by atoms with Crippen LogP contribution in [0.15, 0.2) is 18.2 Å². The zero-order chi connectivity index (χ0) is 12.0. The fraction of sp³-hybridized carbons (Fsp3) is 0.273. The Bertz CT molecular complexity index is 608. The van der Waals surface area contributed by atoms with Crippen LogP contribution in [0.25, 0.3) is 5.69 Å². The summed E-state index contributed by atoms with van der Waals surface area (Å²) in [6.45, 7) is 0. The van der Waals surface area contributed by atoms with Crippen molar-refractivity contribution in [3.05, 3.63) is 40.4 Å². The van der Waals surface area contributed by atoms with Gasteiger partial charge in [-0.05, 0) is 37.2 Å². The molecule has 1 heterocycles. The molecule has 3 rings (SSSR count). The topological polar surface area (TPSA) is 33.6 Å². The van der Waals surface area contributed by atoms with Crippen molar-refractivity contribution in [2.24, 2.45) is 0 Å². The quantitative estimate of drug-likeness (QED) is 0.834. The van der Waals surface area contributed by atoms with Gasteiger partial charge >= 0.3 is 0 Å². The molecule has 0 amide bonds. The van der Waals surface area contributed by atoms with E-state index in [2.05, 4.69) is 10.2 Å².